The summed E-state index contributed by atoms with van der Waals surface area (Å²) in [4.78, 5) is 5.16. The van der Waals surface area contributed by atoms with Crippen molar-refractivity contribution in [3.63, 3.8) is 0 Å². The molecule has 7 heteroatoms. The second kappa shape index (κ2) is 7.06. The van der Waals surface area contributed by atoms with Gasteiger partial charge >= 0.3 is 0 Å². The van der Waals surface area contributed by atoms with Crippen molar-refractivity contribution in [2.75, 3.05) is 0 Å². The molecule has 0 aliphatic carbocycles. The van der Waals surface area contributed by atoms with Crippen molar-refractivity contribution >= 4 is 21.8 Å². The minimum absolute atomic E-state index is 0.0526. The van der Waals surface area contributed by atoms with E-state index in [0.717, 1.165) is 15.6 Å². The third kappa shape index (κ3) is 3.95. The Hall–Kier alpha value is -2.67. The molecule has 2 N–H and O–H groups in total. The van der Waals surface area contributed by atoms with E-state index >= 15 is 0 Å². The topological polar surface area (TPSA) is 86.5 Å². The van der Waals surface area contributed by atoms with Gasteiger partial charge in [-0.3, -0.25) is 0 Å². The maximum Gasteiger partial charge on any atom is 0.257 e. The Morgan fingerprint density at radius 1 is 1.09 bits per heavy atom. The minimum Gasteiger partial charge on any atom is -0.417 e. The fraction of sp³-hybridized carbons (Fsp3) is 0.0625. The quantitative estimate of drug-likeness (QED) is 0.421. The molecule has 0 amide bonds. The lowest BCUT2D eigenvalue weighted by molar-refractivity contribution is 0.111. The molecule has 0 radical (unpaired) electrons. The predicted octanol–water partition coefficient (Wildman–Crippen LogP) is 3.34. The monoisotopic (exact) mass is 372 g/mol. The van der Waals surface area contributed by atoms with Crippen LogP contribution in [0.4, 0.5) is 0 Å². The average molecular weight is 373 g/mol. The molecule has 0 spiro atoms. The lowest BCUT2D eigenvalue weighted by Gasteiger charge is -2.00. The van der Waals surface area contributed by atoms with Crippen LogP contribution in [0.2, 0.25) is 0 Å². The highest BCUT2D eigenvalue weighted by atomic mass is 79.9. The molecule has 0 fully saturated rings. The van der Waals surface area contributed by atoms with Crippen LogP contribution in [0, 0.1) is 0 Å². The van der Waals surface area contributed by atoms with Crippen molar-refractivity contribution < 1.29 is 9.25 Å². The van der Waals surface area contributed by atoms with Crippen LogP contribution >= 0.6 is 15.9 Å². The molecule has 0 atom stereocenters. The molecule has 3 rings (SSSR count). The van der Waals surface area contributed by atoms with Crippen molar-refractivity contribution in [1.29, 1.82) is 0 Å². The van der Waals surface area contributed by atoms with Gasteiger partial charge in [-0.2, -0.15) is 0 Å². The van der Waals surface area contributed by atoms with Gasteiger partial charge in [0.2, 0.25) is 5.89 Å². The van der Waals surface area contributed by atoms with E-state index in [1.54, 1.807) is 0 Å². The van der Waals surface area contributed by atoms with E-state index in [-0.39, 0.29) is 6.61 Å². The molecule has 3 aromatic rings. The van der Waals surface area contributed by atoms with Gasteiger partial charge in [0.05, 0.1) is 0 Å². The molecule has 0 saturated heterocycles. The Balaban J connectivity index is 1.62. The van der Waals surface area contributed by atoms with Gasteiger partial charge < -0.3 is 15.0 Å². The molecule has 0 bridgehead atoms. The zero-order valence-electron chi connectivity index (χ0n) is 12.0. The molecule has 2 aromatic carbocycles. The number of hydrogen-bond donors (Lipinski definition) is 1. The van der Waals surface area contributed by atoms with Crippen molar-refractivity contribution in [1.82, 2.24) is 10.2 Å². The van der Waals surface area contributed by atoms with E-state index in [1.807, 2.05) is 54.6 Å². The summed E-state index contributed by atoms with van der Waals surface area (Å²) in [6.45, 7) is 0.0526. The lowest BCUT2D eigenvalue weighted by atomic mass is 10.2. The van der Waals surface area contributed by atoms with Crippen LogP contribution in [-0.2, 0) is 11.4 Å². The molecule has 1 aromatic heterocycles. The van der Waals surface area contributed by atoms with Crippen LogP contribution in [0.25, 0.3) is 11.5 Å². The van der Waals surface area contributed by atoms with Crippen molar-refractivity contribution in [2.45, 2.75) is 6.61 Å². The average Bonchev–Trinajstić information content (AvgIpc) is 3.05. The van der Waals surface area contributed by atoms with Gasteiger partial charge in [-0.05, 0) is 24.3 Å². The molecule has 6 nitrogen and oxygen atoms in total. The third-order valence-corrected chi connectivity index (χ3v) is 3.51. The summed E-state index contributed by atoms with van der Waals surface area (Å²) < 4.78 is 6.51. The third-order valence-electron chi connectivity index (χ3n) is 2.98. The second-order valence-electron chi connectivity index (χ2n) is 4.62. The van der Waals surface area contributed by atoms with Crippen molar-refractivity contribution in [2.24, 2.45) is 10.9 Å². The van der Waals surface area contributed by atoms with Gasteiger partial charge in [0.25, 0.3) is 5.89 Å². The summed E-state index contributed by atoms with van der Waals surface area (Å²) in [6, 6.07) is 16.9. The molecular weight excluding hydrogens is 360 g/mol. The first-order valence-corrected chi connectivity index (χ1v) is 7.61. The number of oxime groups is 1. The Morgan fingerprint density at radius 2 is 1.83 bits per heavy atom. The van der Waals surface area contributed by atoms with E-state index in [2.05, 4.69) is 31.3 Å². The van der Waals surface area contributed by atoms with E-state index in [0.29, 0.717) is 17.6 Å². The fourth-order valence-corrected chi connectivity index (χ4v) is 2.10. The number of hydrogen-bond acceptors (Lipinski definition) is 5. The van der Waals surface area contributed by atoms with Gasteiger partial charge in [-0.1, -0.05) is 51.4 Å². The van der Waals surface area contributed by atoms with Gasteiger partial charge in [0.15, 0.2) is 12.4 Å². The predicted molar refractivity (Wildman–Crippen MR) is 89.4 cm³/mol. The Labute approximate surface area is 141 Å². The van der Waals surface area contributed by atoms with Gasteiger partial charge in [-0.25, -0.2) is 0 Å². The molecule has 0 aliphatic rings. The minimum atomic E-state index is 0.0526. The Morgan fingerprint density at radius 3 is 2.57 bits per heavy atom. The number of aromatic nitrogens is 2. The number of benzene rings is 2. The van der Waals surface area contributed by atoms with E-state index in [1.165, 1.54) is 0 Å². The summed E-state index contributed by atoms with van der Waals surface area (Å²) in [5.74, 6) is 1.04. The molecular formula is C16H13BrN4O2. The highest BCUT2D eigenvalue weighted by molar-refractivity contribution is 9.10. The van der Waals surface area contributed by atoms with Gasteiger partial charge in [-0.15, -0.1) is 10.2 Å². The second-order valence-corrected chi connectivity index (χ2v) is 5.54. The fourth-order valence-electron chi connectivity index (χ4n) is 1.84. The first-order chi connectivity index (χ1) is 11.2. The number of nitrogens with zero attached hydrogens (tertiary/aromatic N) is 3. The normalized spacial score (nSPS) is 11.4. The van der Waals surface area contributed by atoms with Crippen molar-refractivity contribution in [3.05, 3.63) is 70.5 Å². The zero-order chi connectivity index (χ0) is 16.1. The number of halogens is 1. The summed E-state index contributed by atoms with van der Waals surface area (Å²) in [5.41, 5.74) is 7.44. The van der Waals surface area contributed by atoms with E-state index in [9.17, 15) is 0 Å². The highest BCUT2D eigenvalue weighted by Crippen LogP contribution is 2.20. The van der Waals surface area contributed by atoms with Crippen LogP contribution < -0.4 is 5.73 Å². The summed E-state index contributed by atoms with van der Waals surface area (Å²) in [5, 5.41) is 11.7. The summed E-state index contributed by atoms with van der Waals surface area (Å²) in [6.07, 6.45) is 0. The van der Waals surface area contributed by atoms with Crippen LogP contribution in [-0.4, -0.2) is 16.0 Å². The largest absolute Gasteiger partial charge is 0.417 e. The number of amidine groups is 1. The lowest BCUT2D eigenvalue weighted by Crippen LogP contribution is -2.13. The van der Waals surface area contributed by atoms with Crippen molar-refractivity contribution in [3.8, 4) is 11.5 Å². The first-order valence-electron chi connectivity index (χ1n) is 6.81. The summed E-state index contributed by atoms with van der Waals surface area (Å²) in [7, 11) is 0. The summed E-state index contributed by atoms with van der Waals surface area (Å²) >= 11 is 3.38. The molecule has 116 valence electrons. The standard InChI is InChI=1S/C16H13BrN4O2/c17-13-8-6-12(7-9-13)16-20-19-14(23-16)10-22-21-15(18)11-4-2-1-3-5-11/h1-9H,10H2,(H2,18,21). The Bertz CT molecular complexity index is 800. The molecule has 0 unspecified atom stereocenters. The van der Waals surface area contributed by atoms with Gasteiger partial charge in [0.1, 0.15) is 0 Å². The number of rotatable bonds is 5. The molecule has 0 saturated carbocycles. The van der Waals surface area contributed by atoms with Crippen LogP contribution in [0.3, 0.4) is 0 Å². The Kier molecular flexibility index (Phi) is 4.68. The zero-order valence-corrected chi connectivity index (χ0v) is 13.6. The first kappa shape index (κ1) is 15.2. The SMILES string of the molecule is N/C(=N\OCc1nnc(-c2ccc(Br)cc2)o1)c1ccccc1. The molecule has 0 aliphatic heterocycles. The number of nitrogens with two attached hydrogens (primary N) is 1. The molecule has 1 heterocycles. The van der Waals surface area contributed by atoms with Gasteiger partial charge in [0, 0.05) is 15.6 Å². The molecule has 23 heavy (non-hydrogen) atoms. The van der Waals surface area contributed by atoms with Crippen LogP contribution in [0.1, 0.15) is 11.5 Å². The van der Waals surface area contributed by atoms with Crippen LogP contribution in [0.15, 0.2) is 68.6 Å². The van der Waals surface area contributed by atoms with E-state index < -0.39 is 0 Å². The van der Waals surface area contributed by atoms with E-state index in [4.69, 9.17) is 15.0 Å². The highest BCUT2D eigenvalue weighted by Gasteiger charge is 2.09. The smallest absolute Gasteiger partial charge is 0.257 e. The maximum atomic E-state index is 5.82. The maximum absolute atomic E-state index is 5.82. The van der Waals surface area contributed by atoms with Crippen LogP contribution in [0.5, 0.6) is 0 Å².